The summed E-state index contributed by atoms with van der Waals surface area (Å²) >= 11 is 0. The number of nitrogens with one attached hydrogen (secondary N) is 3. The second-order valence-electron chi connectivity index (χ2n) is 8.97. The average molecular weight is 487 g/mol. The van der Waals surface area contributed by atoms with E-state index in [1.807, 2.05) is 60.7 Å². The summed E-state index contributed by atoms with van der Waals surface area (Å²) in [5.74, 6) is 1.23. The molecule has 0 saturated carbocycles. The lowest BCUT2D eigenvalue weighted by Gasteiger charge is -2.20. The van der Waals surface area contributed by atoms with Crippen molar-refractivity contribution >= 4 is 17.6 Å². The zero-order valence-corrected chi connectivity index (χ0v) is 20.5. The van der Waals surface area contributed by atoms with E-state index in [4.69, 9.17) is 4.74 Å². The van der Waals surface area contributed by atoms with E-state index >= 15 is 0 Å². The third-order valence-electron chi connectivity index (χ3n) is 6.14. The van der Waals surface area contributed by atoms with E-state index in [2.05, 4.69) is 20.9 Å². The van der Waals surface area contributed by atoms with Crippen LogP contribution in [0.1, 0.15) is 24.8 Å². The first-order valence-electron chi connectivity index (χ1n) is 12.6. The number of ether oxygens (including phenoxy) is 1. The predicted molar refractivity (Wildman–Crippen MR) is 142 cm³/mol. The van der Waals surface area contributed by atoms with Gasteiger partial charge >= 0.3 is 6.03 Å². The molecule has 0 spiro atoms. The number of carbonyl (C=O) groups is 2. The van der Waals surface area contributed by atoms with Gasteiger partial charge in [-0.25, -0.2) is 4.79 Å². The van der Waals surface area contributed by atoms with Crippen molar-refractivity contribution in [3.63, 3.8) is 0 Å². The molecule has 0 aromatic heterocycles. The summed E-state index contributed by atoms with van der Waals surface area (Å²) in [6, 6.07) is 25.2. The van der Waals surface area contributed by atoms with Crippen LogP contribution < -0.4 is 20.7 Å². The van der Waals surface area contributed by atoms with Crippen molar-refractivity contribution in [3.8, 4) is 11.5 Å². The van der Waals surface area contributed by atoms with E-state index in [1.165, 1.54) is 12.8 Å². The van der Waals surface area contributed by atoms with Gasteiger partial charge in [0.15, 0.2) is 0 Å². The number of para-hydroxylation sites is 1. The smallest absolute Gasteiger partial charge is 0.319 e. The molecule has 188 valence electrons. The van der Waals surface area contributed by atoms with Gasteiger partial charge in [-0.05, 0) is 80.9 Å². The molecule has 1 saturated heterocycles. The average Bonchev–Trinajstić information content (AvgIpc) is 3.42. The van der Waals surface area contributed by atoms with Gasteiger partial charge in [0.2, 0.25) is 5.91 Å². The number of likely N-dealkylation sites (tertiary alicyclic amines) is 1. The molecule has 1 heterocycles. The van der Waals surface area contributed by atoms with Crippen LogP contribution in [0, 0.1) is 0 Å². The first-order valence-corrected chi connectivity index (χ1v) is 12.6. The van der Waals surface area contributed by atoms with Crippen molar-refractivity contribution < 1.29 is 14.3 Å². The first kappa shape index (κ1) is 25.3. The number of rotatable bonds is 11. The Morgan fingerprint density at radius 2 is 1.47 bits per heavy atom. The van der Waals surface area contributed by atoms with Crippen molar-refractivity contribution in [3.05, 3.63) is 90.5 Å². The molecule has 3 aromatic carbocycles. The number of urea groups is 1. The number of amides is 3. The Kier molecular flexibility index (Phi) is 9.33. The molecule has 1 atom stereocenters. The van der Waals surface area contributed by atoms with Gasteiger partial charge in [-0.2, -0.15) is 0 Å². The summed E-state index contributed by atoms with van der Waals surface area (Å²) in [6.45, 7) is 3.87. The summed E-state index contributed by atoms with van der Waals surface area (Å²) in [7, 11) is 0. The van der Waals surface area contributed by atoms with Gasteiger partial charge < -0.3 is 25.6 Å². The van der Waals surface area contributed by atoms with Crippen LogP contribution in [0.2, 0.25) is 0 Å². The molecular formula is C29H34N4O3. The molecule has 1 aliphatic rings. The highest BCUT2D eigenvalue weighted by Gasteiger charge is 2.21. The molecule has 3 N–H and O–H groups in total. The molecule has 0 aliphatic carbocycles. The number of nitrogens with zero attached hydrogens (tertiary/aromatic N) is 1. The molecule has 7 nitrogen and oxygen atoms in total. The summed E-state index contributed by atoms with van der Waals surface area (Å²) < 4.78 is 5.80. The lowest BCUT2D eigenvalue weighted by molar-refractivity contribution is -0.122. The number of hydrogen-bond acceptors (Lipinski definition) is 4. The van der Waals surface area contributed by atoms with Gasteiger partial charge in [0, 0.05) is 18.7 Å². The Labute approximate surface area is 212 Å². The van der Waals surface area contributed by atoms with Crippen LogP contribution in [0.5, 0.6) is 11.5 Å². The maximum absolute atomic E-state index is 13.0. The zero-order chi connectivity index (χ0) is 25.0. The lowest BCUT2D eigenvalue weighted by atomic mass is 10.1. The number of carbonyl (C=O) groups excluding carboxylic acids is 2. The highest BCUT2D eigenvalue weighted by molar-refractivity contribution is 5.93. The maximum Gasteiger partial charge on any atom is 0.319 e. The molecule has 1 aliphatic heterocycles. The van der Waals surface area contributed by atoms with Crippen LogP contribution in [0.3, 0.4) is 0 Å². The van der Waals surface area contributed by atoms with Crippen LogP contribution in [-0.4, -0.2) is 49.1 Å². The van der Waals surface area contributed by atoms with Crippen molar-refractivity contribution in [2.45, 2.75) is 31.7 Å². The van der Waals surface area contributed by atoms with Gasteiger partial charge in [-0.1, -0.05) is 48.5 Å². The van der Waals surface area contributed by atoms with E-state index in [0.29, 0.717) is 24.4 Å². The molecule has 0 bridgehead atoms. The van der Waals surface area contributed by atoms with E-state index in [9.17, 15) is 9.59 Å². The summed E-state index contributed by atoms with van der Waals surface area (Å²) in [5, 5.41) is 8.66. The maximum atomic E-state index is 13.0. The SMILES string of the molecule is O=C(Nc1ccc(Oc2ccccc2)cc1)N[C@@H](Cc1ccccc1)C(=O)NCCCN1CCCC1. The van der Waals surface area contributed by atoms with Gasteiger partial charge in [-0.15, -0.1) is 0 Å². The minimum Gasteiger partial charge on any atom is -0.457 e. The lowest BCUT2D eigenvalue weighted by Crippen LogP contribution is -2.49. The molecule has 0 unspecified atom stereocenters. The van der Waals surface area contributed by atoms with Crippen LogP contribution >= 0.6 is 0 Å². The second kappa shape index (κ2) is 13.3. The molecule has 4 rings (SSSR count). The summed E-state index contributed by atoms with van der Waals surface area (Å²) in [4.78, 5) is 28.1. The van der Waals surface area contributed by atoms with E-state index in [0.717, 1.165) is 37.4 Å². The predicted octanol–water partition coefficient (Wildman–Crippen LogP) is 4.81. The number of anilines is 1. The Hall–Kier alpha value is -3.84. The van der Waals surface area contributed by atoms with Crippen molar-refractivity contribution in [1.82, 2.24) is 15.5 Å². The highest BCUT2D eigenvalue weighted by atomic mass is 16.5. The largest absolute Gasteiger partial charge is 0.457 e. The normalized spacial score (nSPS) is 14.1. The Balaban J connectivity index is 1.30. The van der Waals surface area contributed by atoms with Crippen LogP contribution in [0.25, 0.3) is 0 Å². The molecule has 36 heavy (non-hydrogen) atoms. The van der Waals surface area contributed by atoms with Crippen LogP contribution in [-0.2, 0) is 11.2 Å². The minimum absolute atomic E-state index is 0.179. The van der Waals surface area contributed by atoms with Gasteiger partial charge in [0.25, 0.3) is 0 Å². The minimum atomic E-state index is -0.681. The fourth-order valence-electron chi connectivity index (χ4n) is 4.26. The van der Waals surface area contributed by atoms with E-state index in [1.54, 1.807) is 24.3 Å². The molecule has 3 aromatic rings. The van der Waals surface area contributed by atoms with Crippen LogP contribution in [0.15, 0.2) is 84.9 Å². The second-order valence-corrected chi connectivity index (χ2v) is 8.97. The van der Waals surface area contributed by atoms with Gasteiger partial charge in [0.1, 0.15) is 17.5 Å². The molecule has 3 amide bonds. The fourth-order valence-corrected chi connectivity index (χ4v) is 4.26. The molecular weight excluding hydrogens is 452 g/mol. The quantitative estimate of drug-likeness (QED) is 0.340. The molecule has 0 radical (unpaired) electrons. The monoisotopic (exact) mass is 486 g/mol. The van der Waals surface area contributed by atoms with E-state index in [-0.39, 0.29) is 5.91 Å². The Bertz CT molecular complexity index is 1080. The fraction of sp³-hybridized carbons (Fsp3) is 0.310. The van der Waals surface area contributed by atoms with Gasteiger partial charge in [-0.3, -0.25) is 4.79 Å². The molecule has 7 heteroatoms. The topological polar surface area (TPSA) is 82.7 Å². The van der Waals surface area contributed by atoms with Gasteiger partial charge in [0.05, 0.1) is 0 Å². The number of benzene rings is 3. The summed E-state index contributed by atoms with van der Waals surface area (Å²) in [6.07, 6.45) is 3.82. The Morgan fingerprint density at radius 3 is 2.17 bits per heavy atom. The van der Waals surface area contributed by atoms with Crippen molar-refractivity contribution in [2.24, 2.45) is 0 Å². The molecule has 1 fully saturated rings. The highest BCUT2D eigenvalue weighted by Crippen LogP contribution is 2.22. The number of hydrogen-bond donors (Lipinski definition) is 3. The standard InChI is InChI=1S/C29H34N4O3/c34-28(30-18-9-21-33-19-7-8-20-33)27(22-23-10-3-1-4-11-23)32-29(35)31-24-14-16-26(17-15-24)36-25-12-5-2-6-13-25/h1-6,10-17,27H,7-9,18-22H2,(H,30,34)(H2,31,32,35)/t27-/m0/s1. The van der Waals surface area contributed by atoms with Crippen molar-refractivity contribution in [2.75, 3.05) is 31.5 Å². The first-order chi connectivity index (χ1) is 17.7. The Morgan fingerprint density at radius 1 is 0.833 bits per heavy atom. The van der Waals surface area contributed by atoms with Crippen molar-refractivity contribution in [1.29, 1.82) is 0 Å². The summed E-state index contributed by atoms with van der Waals surface area (Å²) in [5.41, 5.74) is 1.59. The zero-order valence-electron chi connectivity index (χ0n) is 20.5. The van der Waals surface area contributed by atoms with Crippen LogP contribution in [0.4, 0.5) is 10.5 Å². The third-order valence-corrected chi connectivity index (χ3v) is 6.14. The third kappa shape index (κ3) is 8.13. The van der Waals surface area contributed by atoms with E-state index < -0.39 is 12.1 Å².